The summed E-state index contributed by atoms with van der Waals surface area (Å²) in [6.45, 7) is -0.0973. The summed E-state index contributed by atoms with van der Waals surface area (Å²) < 4.78 is 2.76. The third-order valence-corrected chi connectivity index (χ3v) is 4.06. The minimum atomic E-state index is -0.798. The molecule has 0 bridgehead atoms. The second-order valence-corrected chi connectivity index (χ2v) is 5.90. The Labute approximate surface area is 130 Å². The molecule has 1 aromatic carbocycles. The smallest absolute Gasteiger partial charge is 0.140 e. The van der Waals surface area contributed by atoms with Crippen LogP contribution in [-0.4, -0.2) is 19.8 Å². The molecule has 0 amide bonds. The van der Waals surface area contributed by atoms with Crippen LogP contribution in [0.2, 0.25) is 0 Å². The van der Waals surface area contributed by atoms with E-state index in [-0.39, 0.29) is 6.61 Å². The van der Waals surface area contributed by atoms with Crippen LogP contribution in [0.15, 0.2) is 47.2 Å². The molecule has 5 heteroatoms. The normalized spacial score (nSPS) is 12.8. The summed E-state index contributed by atoms with van der Waals surface area (Å²) in [4.78, 5) is 4.38. The van der Waals surface area contributed by atoms with Crippen LogP contribution in [0.5, 0.6) is 0 Å². The molecule has 0 aliphatic heterocycles. The molecule has 0 spiro atoms. The van der Waals surface area contributed by atoms with Crippen LogP contribution in [0.4, 0.5) is 0 Å². The monoisotopic (exact) mass is 346 g/mol. The SMILES string of the molecule is Cn1cc(C(O)c2ccccc2CO)c2cc(Br)cnc21. The van der Waals surface area contributed by atoms with Crippen molar-refractivity contribution in [2.45, 2.75) is 12.7 Å². The van der Waals surface area contributed by atoms with Gasteiger partial charge in [0.05, 0.1) is 6.61 Å². The zero-order chi connectivity index (χ0) is 15.0. The van der Waals surface area contributed by atoms with Gasteiger partial charge in [-0.25, -0.2) is 4.98 Å². The number of aromatic nitrogens is 2. The quantitative estimate of drug-likeness (QED) is 0.766. The highest BCUT2D eigenvalue weighted by atomic mass is 79.9. The van der Waals surface area contributed by atoms with Gasteiger partial charge in [-0.3, -0.25) is 0 Å². The fourth-order valence-electron chi connectivity index (χ4n) is 2.60. The minimum Gasteiger partial charge on any atom is -0.392 e. The Balaban J connectivity index is 2.18. The van der Waals surface area contributed by atoms with Crippen LogP contribution in [0.25, 0.3) is 11.0 Å². The molecule has 3 aromatic rings. The van der Waals surface area contributed by atoms with Crippen molar-refractivity contribution in [2.75, 3.05) is 0 Å². The van der Waals surface area contributed by atoms with Gasteiger partial charge < -0.3 is 14.8 Å². The summed E-state index contributed by atoms with van der Waals surface area (Å²) in [5.74, 6) is 0. The molecule has 0 saturated carbocycles. The Hall–Kier alpha value is -1.69. The van der Waals surface area contributed by atoms with Gasteiger partial charge in [0.15, 0.2) is 0 Å². The lowest BCUT2D eigenvalue weighted by Crippen LogP contribution is -2.03. The standard InChI is InChI=1S/C16H15BrN2O2/c1-19-8-14(13-6-11(17)7-18-16(13)19)15(21)12-5-3-2-4-10(12)9-20/h2-8,15,20-21H,9H2,1H3. The molecule has 108 valence electrons. The summed E-state index contributed by atoms with van der Waals surface area (Å²) in [6, 6.07) is 9.31. The Morgan fingerprint density at radius 2 is 2.05 bits per heavy atom. The second-order valence-electron chi connectivity index (χ2n) is 4.98. The van der Waals surface area contributed by atoms with E-state index in [1.54, 1.807) is 6.20 Å². The summed E-state index contributed by atoms with van der Waals surface area (Å²) in [5, 5.41) is 21.1. The summed E-state index contributed by atoms with van der Waals surface area (Å²) >= 11 is 3.42. The first-order valence-electron chi connectivity index (χ1n) is 6.59. The van der Waals surface area contributed by atoms with Crippen molar-refractivity contribution in [1.82, 2.24) is 9.55 Å². The van der Waals surface area contributed by atoms with Gasteiger partial charge in [0.2, 0.25) is 0 Å². The molecule has 21 heavy (non-hydrogen) atoms. The average molecular weight is 347 g/mol. The zero-order valence-electron chi connectivity index (χ0n) is 11.5. The predicted octanol–water partition coefficient (Wildman–Crippen LogP) is 2.91. The molecule has 1 atom stereocenters. The molecule has 2 N–H and O–H groups in total. The number of halogens is 1. The van der Waals surface area contributed by atoms with Gasteiger partial charge in [0, 0.05) is 34.9 Å². The minimum absolute atomic E-state index is 0.0973. The van der Waals surface area contributed by atoms with Crippen molar-refractivity contribution < 1.29 is 10.2 Å². The van der Waals surface area contributed by atoms with Gasteiger partial charge in [0.25, 0.3) is 0 Å². The first kappa shape index (κ1) is 14.3. The van der Waals surface area contributed by atoms with E-state index in [0.717, 1.165) is 26.6 Å². The highest BCUT2D eigenvalue weighted by Gasteiger charge is 2.19. The van der Waals surface area contributed by atoms with Crippen molar-refractivity contribution in [3.63, 3.8) is 0 Å². The third kappa shape index (κ3) is 2.48. The number of pyridine rings is 1. The number of hydrogen-bond donors (Lipinski definition) is 2. The first-order valence-corrected chi connectivity index (χ1v) is 7.38. The average Bonchev–Trinajstić information content (AvgIpc) is 2.83. The van der Waals surface area contributed by atoms with Crippen LogP contribution in [-0.2, 0) is 13.7 Å². The van der Waals surface area contributed by atoms with E-state index in [0.29, 0.717) is 5.56 Å². The highest BCUT2D eigenvalue weighted by Crippen LogP contribution is 2.32. The number of aliphatic hydroxyl groups excluding tert-OH is 2. The molecule has 0 saturated heterocycles. The van der Waals surface area contributed by atoms with Crippen molar-refractivity contribution >= 4 is 27.0 Å². The highest BCUT2D eigenvalue weighted by molar-refractivity contribution is 9.10. The zero-order valence-corrected chi connectivity index (χ0v) is 13.1. The number of aliphatic hydroxyl groups is 2. The Morgan fingerprint density at radius 3 is 2.81 bits per heavy atom. The van der Waals surface area contributed by atoms with E-state index in [4.69, 9.17) is 0 Å². The summed E-state index contributed by atoms with van der Waals surface area (Å²) in [7, 11) is 1.90. The lowest BCUT2D eigenvalue weighted by atomic mass is 9.97. The second kappa shape index (κ2) is 5.60. The Bertz CT molecular complexity index is 798. The van der Waals surface area contributed by atoms with E-state index in [9.17, 15) is 10.2 Å². The fourth-order valence-corrected chi connectivity index (χ4v) is 2.93. The first-order chi connectivity index (χ1) is 10.1. The van der Waals surface area contributed by atoms with Gasteiger partial charge in [-0.1, -0.05) is 24.3 Å². The van der Waals surface area contributed by atoms with Crippen LogP contribution >= 0.6 is 15.9 Å². The number of nitrogens with zero attached hydrogens (tertiary/aromatic N) is 2. The summed E-state index contributed by atoms with van der Waals surface area (Å²) in [5.41, 5.74) is 3.04. The molecule has 0 aliphatic rings. The third-order valence-electron chi connectivity index (χ3n) is 3.63. The molecule has 3 rings (SSSR count). The van der Waals surface area contributed by atoms with Crippen LogP contribution < -0.4 is 0 Å². The van der Waals surface area contributed by atoms with E-state index in [1.807, 2.05) is 48.1 Å². The number of benzene rings is 1. The fraction of sp³-hybridized carbons (Fsp3) is 0.188. The number of fused-ring (bicyclic) bond motifs is 1. The van der Waals surface area contributed by atoms with E-state index >= 15 is 0 Å². The largest absolute Gasteiger partial charge is 0.392 e. The van der Waals surface area contributed by atoms with E-state index in [2.05, 4.69) is 20.9 Å². The van der Waals surface area contributed by atoms with E-state index < -0.39 is 6.10 Å². The molecule has 1 unspecified atom stereocenters. The summed E-state index contributed by atoms with van der Waals surface area (Å²) in [6.07, 6.45) is 2.82. The lowest BCUT2D eigenvalue weighted by molar-refractivity contribution is 0.214. The molecule has 2 heterocycles. The maximum atomic E-state index is 10.7. The van der Waals surface area contributed by atoms with Gasteiger partial charge in [-0.05, 0) is 33.1 Å². The molecule has 2 aromatic heterocycles. The van der Waals surface area contributed by atoms with Gasteiger partial charge in [-0.2, -0.15) is 0 Å². The van der Waals surface area contributed by atoms with E-state index in [1.165, 1.54) is 0 Å². The molecule has 0 radical (unpaired) electrons. The topological polar surface area (TPSA) is 58.3 Å². The van der Waals surface area contributed by atoms with Crippen molar-refractivity contribution in [1.29, 1.82) is 0 Å². The Kier molecular flexibility index (Phi) is 3.80. The maximum absolute atomic E-state index is 10.7. The van der Waals surface area contributed by atoms with Gasteiger partial charge in [0.1, 0.15) is 11.8 Å². The van der Waals surface area contributed by atoms with Gasteiger partial charge >= 0.3 is 0 Å². The number of hydrogen-bond acceptors (Lipinski definition) is 3. The molecular formula is C16H15BrN2O2. The molecule has 0 aliphatic carbocycles. The predicted molar refractivity (Wildman–Crippen MR) is 84.8 cm³/mol. The lowest BCUT2D eigenvalue weighted by Gasteiger charge is -2.14. The van der Waals surface area contributed by atoms with Crippen molar-refractivity contribution in [2.24, 2.45) is 7.05 Å². The van der Waals surface area contributed by atoms with Crippen molar-refractivity contribution in [3.05, 3.63) is 63.9 Å². The van der Waals surface area contributed by atoms with Crippen LogP contribution in [0.1, 0.15) is 22.8 Å². The Morgan fingerprint density at radius 1 is 1.29 bits per heavy atom. The molecule has 4 nitrogen and oxygen atoms in total. The molecule has 0 fully saturated rings. The van der Waals surface area contributed by atoms with Crippen molar-refractivity contribution in [3.8, 4) is 0 Å². The maximum Gasteiger partial charge on any atom is 0.140 e. The van der Waals surface area contributed by atoms with Gasteiger partial charge in [-0.15, -0.1) is 0 Å². The van der Waals surface area contributed by atoms with Crippen LogP contribution in [0.3, 0.4) is 0 Å². The molecular weight excluding hydrogens is 332 g/mol. The number of aryl methyl sites for hydroxylation is 1. The number of rotatable bonds is 3. The van der Waals surface area contributed by atoms with Crippen LogP contribution in [0, 0.1) is 0 Å².